The first-order valence-electron chi connectivity index (χ1n) is 56.1. The molecule has 0 radical (unpaired) electrons. The zero-order chi connectivity index (χ0) is 103. The average molecular weight is 2090 g/mol. The lowest BCUT2D eigenvalue weighted by atomic mass is 9.92. The third-order valence-corrected chi connectivity index (χ3v) is 37.2. The second kappa shape index (κ2) is 57.7. The smallest absolute Gasteiger partial charge is 0.233 e. The first-order valence-corrected chi connectivity index (χ1v) is 60.2. The average Bonchev–Trinajstić information content (AvgIpc) is 0.789. The molecule has 0 unspecified atom stereocenters. The number of piperidine rings is 5. The Morgan fingerprint density at radius 2 is 0.500 bits per heavy atom. The Bertz CT molecular complexity index is 5870. The SMILES string of the molecule is CC(=O)NCCN1CCC(CCCN2c3ccccc3Sc3ccc(C)cc32)CC1.CCCC(=O)NCCN1CCC(CCCN2c3ccccc3Sc3ccc(C)cc32)CC1.Cc1ccc2c(c1)N(CCCC1CCN(CCCN)CC1)c1ccccc1S2.Cc1ccc2c(c1)N(CCCC1CCN(CCN)CC1)c1ccccc1S2.Cc1ccc2c(c1)N(CCCC1CCN(CCNC(=O)CN)CC1)c1ccccc1S2. The molecule has 19 nitrogen and oxygen atoms in total. The number of para-hydroxylation sites is 5. The number of hydrogen-bond donors (Lipinski definition) is 6. The van der Waals surface area contributed by atoms with Crippen molar-refractivity contribution in [3.63, 3.8) is 0 Å². The Balaban J connectivity index is 0.000000132. The van der Waals surface area contributed by atoms with E-state index in [2.05, 4.69) is 312 Å². The van der Waals surface area contributed by atoms with Crippen molar-refractivity contribution < 1.29 is 14.4 Å². The summed E-state index contributed by atoms with van der Waals surface area (Å²) in [4.78, 5) is 72.9. The van der Waals surface area contributed by atoms with Gasteiger partial charge in [-0.25, -0.2) is 0 Å². The van der Waals surface area contributed by atoms with E-state index in [0.29, 0.717) is 13.0 Å². The van der Waals surface area contributed by atoms with Crippen LogP contribution in [0.5, 0.6) is 0 Å². The van der Waals surface area contributed by atoms with Gasteiger partial charge in [0.1, 0.15) is 0 Å². The number of likely N-dealkylation sites (tertiary alicyclic amines) is 5. The minimum atomic E-state index is -0.0654. The summed E-state index contributed by atoms with van der Waals surface area (Å²) in [6.45, 7) is 41.0. The van der Waals surface area contributed by atoms with Crippen molar-refractivity contribution in [3.05, 3.63) is 240 Å². The monoisotopic (exact) mass is 2090 g/mol. The summed E-state index contributed by atoms with van der Waals surface area (Å²) in [5.74, 6) is 4.42. The van der Waals surface area contributed by atoms with E-state index in [4.69, 9.17) is 17.2 Å². The van der Waals surface area contributed by atoms with Gasteiger partial charge in [-0.1, -0.05) is 157 Å². The predicted molar refractivity (Wildman–Crippen MR) is 627 cm³/mol. The number of hydrogen-bond acceptors (Lipinski definition) is 21. The number of amides is 3. The summed E-state index contributed by atoms with van der Waals surface area (Å²) in [6.07, 6.45) is 28.5. The number of nitrogens with one attached hydrogen (secondary N) is 3. The number of nitrogens with zero attached hydrogens (tertiary/aromatic N) is 10. The maximum absolute atomic E-state index is 11.6. The lowest BCUT2D eigenvalue weighted by molar-refractivity contribution is -0.121. The van der Waals surface area contributed by atoms with Gasteiger partial charge in [-0.15, -0.1) is 0 Å². The lowest BCUT2D eigenvalue weighted by Crippen LogP contribution is -2.41. The normalized spacial score (nSPS) is 17.0. The van der Waals surface area contributed by atoms with Gasteiger partial charge in [0.25, 0.3) is 0 Å². The number of aryl methyl sites for hydroxylation is 5. The standard InChI is InChI=1S/C27H37N3OS.C25H34N4OS.C25H33N3OS.C24H33N3S.C23H31N3S/c1-3-7-27(31)28-15-19-29-17-13-22(14-18-29)8-6-16-30-23-9-4-5-10-25(23)32-26-12-11-21(2)20-24(26)30;1-19-8-9-24-22(17-19)29(21-6-2-3-7-23(21)31-24)13-4-5-20-10-14-28(15-11-20)16-12-27-25(30)18-26;1-19-9-10-25-23(18-19)28(22-7-3-4-8-24(22)30-25)14-5-6-21-11-15-27(16-12-21)17-13-26-20(2)29;1-19-9-10-24-22(18-19)27(21-7-2-3-8-23(21)28-24)15-4-6-20-11-16-26(17-12-20)14-5-13-25;1-18-8-9-23-21(17-18)26(20-6-2-3-7-22(20)27-23)13-4-5-19-10-14-25(15-11-19)16-12-24/h4-5,9-12,20,22H,3,6-8,13-19H2,1-2H3,(H,28,31);2-3,6-9,17,20H,4-5,10-16,18,26H2,1H3,(H,27,30);3-4,7-10,18,21H,5-6,11-17H2,1-2H3,(H,26,29);2-3,7-10,18,20H,4-6,11-17,25H2,1H3;2-3,6-9,17,19H,4-5,10-16,24H2,1H3. The van der Waals surface area contributed by atoms with Crippen LogP contribution in [0.3, 0.4) is 0 Å². The van der Waals surface area contributed by atoms with Crippen LogP contribution in [-0.4, -0.2) is 212 Å². The van der Waals surface area contributed by atoms with Crippen LogP contribution in [0.25, 0.3) is 0 Å². The minimum absolute atomic E-state index is 0.0654. The van der Waals surface area contributed by atoms with Crippen molar-refractivity contribution in [1.29, 1.82) is 0 Å². The van der Waals surface area contributed by atoms with Crippen LogP contribution >= 0.6 is 58.8 Å². The zero-order valence-electron chi connectivity index (χ0n) is 89.7. The van der Waals surface area contributed by atoms with E-state index in [-0.39, 0.29) is 24.3 Å². The predicted octanol–water partition coefficient (Wildman–Crippen LogP) is 25.9. The number of nitrogens with two attached hydrogens (primary N) is 3. The van der Waals surface area contributed by atoms with E-state index >= 15 is 0 Å². The molecule has 5 fully saturated rings. The van der Waals surface area contributed by atoms with Crippen LogP contribution < -0.4 is 57.7 Å². The molecule has 9 N–H and O–H groups in total. The largest absolute Gasteiger partial charge is 0.355 e. The van der Waals surface area contributed by atoms with Crippen LogP contribution in [-0.2, 0) is 14.4 Å². The van der Waals surface area contributed by atoms with E-state index in [1.165, 1.54) is 308 Å². The summed E-state index contributed by atoms with van der Waals surface area (Å²) in [5.41, 5.74) is 37.0. The van der Waals surface area contributed by atoms with Crippen molar-refractivity contribution >= 4 is 133 Å². The molecule has 10 aliphatic rings. The molecule has 10 heterocycles. The van der Waals surface area contributed by atoms with Gasteiger partial charge < -0.3 is 82.2 Å². The summed E-state index contributed by atoms with van der Waals surface area (Å²) < 4.78 is 0. The molecule has 0 atom stereocenters. The third kappa shape index (κ3) is 32.1. The van der Waals surface area contributed by atoms with Crippen LogP contribution in [0.4, 0.5) is 56.9 Å². The van der Waals surface area contributed by atoms with E-state index < -0.39 is 0 Å². The number of carbonyl (C=O) groups excluding carboxylic acids is 3. The first-order chi connectivity index (χ1) is 72.4. The maximum atomic E-state index is 11.6. The van der Waals surface area contributed by atoms with Gasteiger partial charge in [-0.05, 0) is 433 Å². The van der Waals surface area contributed by atoms with Crippen LogP contribution in [0.2, 0.25) is 0 Å². The van der Waals surface area contributed by atoms with E-state index in [9.17, 15) is 14.4 Å². The van der Waals surface area contributed by atoms with Gasteiger partial charge in [0.15, 0.2) is 0 Å². The van der Waals surface area contributed by atoms with Crippen molar-refractivity contribution in [1.82, 2.24) is 40.4 Å². The van der Waals surface area contributed by atoms with E-state index in [0.717, 1.165) is 154 Å². The number of carbonyl (C=O) groups is 3. The number of rotatable bonds is 37. The maximum Gasteiger partial charge on any atom is 0.233 e. The van der Waals surface area contributed by atoms with Gasteiger partial charge in [-0.2, -0.15) is 0 Å². The molecule has 5 saturated heterocycles. The highest BCUT2D eigenvalue weighted by atomic mass is 32.2. The Morgan fingerprint density at radius 3 is 0.736 bits per heavy atom. The molecule has 0 bridgehead atoms. The third-order valence-electron chi connectivity index (χ3n) is 31.5. The number of anilines is 10. The number of benzene rings is 10. The molecule has 10 aromatic rings. The van der Waals surface area contributed by atoms with E-state index in [1.807, 2.05) is 65.7 Å². The zero-order valence-corrected chi connectivity index (χ0v) is 93.8. The van der Waals surface area contributed by atoms with Crippen LogP contribution in [0.15, 0.2) is 261 Å². The Hall–Kier alpha value is -8.96. The van der Waals surface area contributed by atoms with Gasteiger partial charge >= 0.3 is 0 Å². The topological polar surface area (TPSA) is 198 Å². The fourth-order valence-corrected chi connectivity index (χ4v) is 28.4. The molecule has 792 valence electrons. The molecule has 10 aliphatic heterocycles. The molecule has 10 aromatic carbocycles. The fourth-order valence-electron chi connectivity index (χ4n) is 23.1. The molecular formula is C124H168N16O3S5. The van der Waals surface area contributed by atoms with Crippen LogP contribution in [0.1, 0.15) is 189 Å². The summed E-state index contributed by atoms with van der Waals surface area (Å²) in [7, 11) is 0. The lowest BCUT2D eigenvalue weighted by Gasteiger charge is -2.35. The molecule has 3 amide bonds. The molecule has 24 heteroatoms. The Labute approximate surface area is 908 Å². The summed E-state index contributed by atoms with van der Waals surface area (Å²) >= 11 is 9.48. The molecular weight excluding hydrogens is 1920 g/mol. The second-order valence-corrected chi connectivity index (χ2v) is 48.1. The molecule has 0 aromatic heterocycles. The van der Waals surface area contributed by atoms with Crippen LogP contribution in [0, 0.1) is 64.2 Å². The van der Waals surface area contributed by atoms with Gasteiger partial charge in [0.05, 0.1) is 63.4 Å². The molecule has 0 aliphatic carbocycles. The summed E-state index contributed by atoms with van der Waals surface area (Å²) in [6, 6.07) is 78.4. The Kier molecular flexibility index (Phi) is 43.5. The highest BCUT2D eigenvalue weighted by molar-refractivity contribution is 8.00. The fraction of sp³-hybridized carbons (Fsp3) is 0.492. The van der Waals surface area contributed by atoms with E-state index in [1.54, 1.807) is 6.92 Å². The Morgan fingerprint density at radius 1 is 0.270 bits per heavy atom. The van der Waals surface area contributed by atoms with Crippen molar-refractivity contribution in [2.75, 3.05) is 195 Å². The molecule has 0 saturated carbocycles. The highest BCUT2D eigenvalue weighted by Gasteiger charge is 2.33. The van der Waals surface area contributed by atoms with Gasteiger partial charge in [-0.3, -0.25) is 14.4 Å². The van der Waals surface area contributed by atoms with Gasteiger partial charge in [0, 0.05) is 147 Å². The minimum Gasteiger partial charge on any atom is -0.355 e. The molecule has 148 heavy (non-hydrogen) atoms. The second-order valence-electron chi connectivity index (χ2n) is 42.7. The molecule has 0 spiro atoms. The van der Waals surface area contributed by atoms with Crippen molar-refractivity contribution in [2.24, 2.45) is 46.8 Å². The number of fused-ring (bicyclic) bond motifs is 10. The molecule has 20 rings (SSSR count). The van der Waals surface area contributed by atoms with Gasteiger partial charge in [0.2, 0.25) is 17.7 Å². The quantitative estimate of drug-likeness (QED) is 0.0215. The van der Waals surface area contributed by atoms with Crippen molar-refractivity contribution in [2.45, 2.75) is 245 Å². The highest BCUT2D eigenvalue weighted by Crippen LogP contribution is 2.55. The van der Waals surface area contributed by atoms with Crippen molar-refractivity contribution in [3.8, 4) is 0 Å². The first kappa shape index (κ1) is 112. The summed E-state index contributed by atoms with van der Waals surface area (Å²) in [5, 5.41) is 8.82.